The third kappa shape index (κ3) is 6.36. The first-order valence-electron chi connectivity index (χ1n) is 24.0. The second-order valence-corrected chi connectivity index (χ2v) is 19.0. The molecule has 1 aromatic heterocycles. The van der Waals surface area contributed by atoms with Crippen LogP contribution in [0.4, 0.5) is 17.1 Å². The van der Waals surface area contributed by atoms with Crippen molar-refractivity contribution in [2.24, 2.45) is 0 Å². The summed E-state index contributed by atoms with van der Waals surface area (Å²) in [6.45, 7) is 4.75. The fourth-order valence-corrected chi connectivity index (χ4v) is 11.7. The molecule has 0 bridgehead atoms. The Morgan fingerprint density at radius 1 is 0.348 bits per heavy atom. The van der Waals surface area contributed by atoms with E-state index in [4.69, 9.17) is 4.98 Å². The molecule has 2 aliphatic carbocycles. The van der Waals surface area contributed by atoms with E-state index < -0.39 is 5.41 Å². The van der Waals surface area contributed by atoms with Gasteiger partial charge in [-0.15, -0.1) is 0 Å². The van der Waals surface area contributed by atoms with Gasteiger partial charge in [0.1, 0.15) is 0 Å². The molecule has 0 radical (unpaired) electrons. The van der Waals surface area contributed by atoms with Crippen molar-refractivity contribution in [1.29, 1.82) is 0 Å². The van der Waals surface area contributed by atoms with Gasteiger partial charge in [-0.2, -0.15) is 0 Å². The lowest BCUT2D eigenvalue weighted by Gasteiger charge is -2.35. The van der Waals surface area contributed by atoms with Crippen molar-refractivity contribution in [3.8, 4) is 55.8 Å². The maximum atomic E-state index is 5.65. The van der Waals surface area contributed by atoms with Crippen molar-refractivity contribution in [2.45, 2.75) is 24.7 Å². The molecule has 0 saturated heterocycles. The number of pyridine rings is 1. The molecular weight excluding hydrogens is 833 g/mol. The Hall–Kier alpha value is -8.59. The smallest absolute Gasteiger partial charge is 0.0788 e. The Balaban J connectivity index is 1.17. The first-order chi connectivity index (χ1) is 34.0. The predicted molar refractivity (Wildman–Crippen MR) is 288 cm³/mol. The molecule has 11 aromatic rings. The molecule has 0 aliphatic heterocycles. The standard InChI is InChI=1S/C67H48N2/c1-66(2)58-32-18-16-30-54(58)55-40-39-53(44-60(55)66)69(52-37-35-46(36-38-52)45-21-7-3-8-22-45)63-43-49(65-57(47-23-9-4-10-24-47)41-48-25-15-20-34-62(48)68-65)42-61-64(63)56-31-17-19-33-59(56)67(61,50-26-11-5-12-27-50)51-28-13-6-14-29-51/h3-44H,1-2H3. The lowest BCUT2D eigenvalue weighted by Crippen LogP contribution is -2.28. The van der Waals surface area contributed by atoms with Gasteiger partial charge in [0.25, 0.3) is 0 Å². The lowest BCUT2D eigenvalue weighted by molar-refractivity contribution is 0.660. The minimum atomic E-state index is -0.659. The molecule has 326 valence electrons. The molecule has 2 aliphatic rings. The number of fused-ring (bicyclic) bond motifs is 7. The van der Waals surface area contributed by atoms with Gasteiger partial charge in [-0.05, 0) is 115 Å². The van der Waals surface area contributed by atoms with Crippen LogP contribution in [0.3, 0.4) is 0 Å². The average Bonchev–Trinajstić information content (AvgIpc) is 3.85. The van der Waals surface area contributed by atoms with E-state index in [0.717, 1.165) is 50.3 Å². The molecule has 0 spiro atoms. The molecule has 1 heterocycles. The van der Waals surface area contributed by atoms with Crippen LogP contribution in [0.5, 0.6) is 0 Å². The number of rotatable bonds is 8. The largest absolute Gasteiger partial charge is 0.310 e. The highest BCUT2D eigenvalue weighted by atomic mass is 15.1. The maximum Gasteiger partial charge on any atom is 0.0788 e. The SMILES string of the molecule is CC1(C)c2ccccc2-c2ccc(N(c3ccc(-c4ccccc4)cc3)c3cc(-c4nc5ccccc5cc4-c4ccccc4)cc4c3-c3ccccc3C4(c3ccccc3)c3ccccc3)cc21. The van der Waals surface area contributed by atoms with Crippen LogP contribution in [0.25, 0.3) is 66.7 Å². The third-order valence-corrected chi connectivity index (χ3v) is 14.9. The van der Waals surface area contributed by atoms with Crippen molar-refractivity contribution < 1.29 is 0 Å². The first kappa shape index (κ1) is 40.7. The van der Waals surface area contributed by atoms with Crippen LogP contribution in [0.1, 0.15) is 47.2 Å². The summed E-state index contributed by atoms with van der Waals surface area (Å²) in [6, 6.07) is 93.9. The van der Waals surface area contributed by atoms with E-state index in [-0.39, 0.29) is 5.41 Å². The topological polar surface area (TPSA) is 16.1 Å². The zero-order chi connectivity index (χ0) is 46.1. The highest BCUT2D eigenvalue weighted by Crippen LogP contribution is 2.61. The molecule has 69 heavy (non-hydrogen) atoms. The monoisotopic (exact) mass is 880 g/mol. The van der Waals surface area contributed by atoms with Crippen molar-refractivity contribution in [3.63, 3.8) is 0 Å². The molecule has 0 fully saturated rings. The normalized spacial score (nSPS) is 13.6. The Labute approximate surface area is 404 Å². The van der Waals surface area contributed by atoms with Gasteiger partial charge in [-0.25, -0.2) is 4.98 Å². The second-order valence-electron chi connectivity index (χ2n) is 19.0. The number of hydrogen-bond donors (Lipinski definition) is 0. The summed E-state index contributed by atoms with van der Waals surface area (Å²) in [4.78, 5) is 8.18. The molecule has 0 saturated carbocycles. The summed E-state index contributed by atoms with van der Waals surface area (Å²) in [7, 11) is 0. The van der Waals surface area contributed by atoms with Crippen LogP contribution in [0.15, 0.2) is 255 Å². The fourth-order valence-electron chi connectivity index (χ4n) is 11.7. The summed E-state index contributed by atoms with van der Waals surface area (Å²) < 4.78 is 0. The van der Waals surface area contributed by atoms with Gasteiger partial charge in [0.2, 0.25) is 0 Å². The van der Waals surface area contributed by atoms with E-state index in [0.29, 0.717) is 0 Å². The van der Waals surface area contributed by atoms with Crippen LogP contribution in [-0.4, -0.2) is 4.98 Å². The van der Waals surface area contributed by atoms with Gasteiger partial charge >= 0.3 is 0 Å². The summed E-state index contributed by atoms with van der Waals surface area (Å²) in [5, 5.41) is 1.11. The molecular formula is C67H48N2. The van der Waals surface area contributed by atoms with Crippen molar-refractivity contribution in [3.05, 3.63) is 288 Å². The molecule has 2 heteroatoms. The first-order valence-corrected chi connectivity index (χ1v) is 24.0. The number of nitrogens with zero attached hydrogens (tertiary/aromatic N) is 2. The van der Waals surface area contributed by atoms with Gasteiger partial charge in [0.05, 0.1) is 22.3 Å². The van der Waals surface area contributed by atoms with Crippen LogP contribution in [0.2, 0.25) is 0 Å². The van der Waals surface area contributed by atoms with E-state index in [1.165, 1.54) is 66.8 Å². The van der Waals surface area contributed by atoms with Gasteiger partial charge in [-0.3, -0.25) is 0 Å². The predicted octanol–water partition coefficient (Wildman–Crippen LogP) is 17.4. The zero-order valence-electron chi connectivity index (χ0n) is 38.6. The molecule has 0 unspecified atom stereocenters. The molecule has 0 amide bonds. The minimum absolute atomic E-state index is 0.198. The van der Waals surface area contributed by atoms with Crippen LogP contribution >= 0.6 is 0 Å². The number of benzene rings is 10. The van der Waals surface area contributed by atoms with Crippen molar-refractivity contribution in [1.82, 2.24) is 4.98 Å². The summed E-state index contributed by atoms with van der Waals surface area (Å²) in [5.74, 6) is 0. The number of aromatic nitrogens is 1. The Bertz CT molecular complexity index is 3690. The Morgan fingerprint density at radius 3 is 1.58 bits per heavy atom. The van der Waals surface area contributed by atoms with Crippen LogP contribution < -0.4 is 4.90 Å². The Kier molecular flexibility index (Phi) is 9.45. The molecule has 0 atom stereocenters. The molecule has 2 nitrogen and oxygen atoms in total. The second kappa shape index (κ2) is 16.0. The highest BCUT2D eigenvalue weighted by molar-refractivity contribution is 6.02. The van der Waals surface area contributed by atoms with Gasteiger partial charge < -0.3 is 4.90 Å². The Morgan fingerprint density at radius 2 is 0.884 bits per heavy atom. The number of para-hydroxylation sites is 1. The van der Waals surface area contributed by atoms with Crippen molar-refractivity contribution >= 4 is 28.0 Å². The number of hydrogen-bond acceptors (Lipinski definition) is 2. The minimum Gasteiger partial charge on any atom is -0.310 e. The third-order valence-electron chi connectivity index (χ3n) is 14.9. The van der Waals surface area contributed by atoms with E-state index in [9.17, 15) is 0 Å². The number of anilines is 3. The lowest BCUT2D eigenvalue weighted by atomic mass is 9.67. The van der Waals surface area contributed by atoms with Gasteiger partial charge in [0.15, 0.2) is 0 Å². The van der Waals surface area contributed by atoms with Gasteiger partial charge in [0, 0.05) is 38.9 Å². The van der Waals surface area contributed by atoms with Crippen molar-refractivity contribution in [2.75, 3.05) is 4.90 Å². The highest BCUT2D eigenvalue weighted by Gasteiger charge is 2.48. The van der Waals surface area contributed by atoms with Gasteiger partial charge in [-0.1, -0.05) is 220 Å². The average molecular weight is 881 g/mol. The van der Waals surface area contributed by atoms with E-state index in [1.807, 2.05) is 0 Å². The van der Waals surface area contributed by atoms with E-state index in [2.05, 4.69) is 274 Å². The summed E-state index contributed by atoms with van der Waals surface area (Å²) in [6.07, 6.45) is 0. The van der Waals surface area contributed by atoms with E-state index >= 15 is 0 Å². The molecule has 10 aromatic carbocycles. The van der Waals surface area contributed by atoms with Crippen LogP contribution in [-0.2, 0) is 10.8 Å². The van der Waals surface area contributed by atoms with Crippen LogP contribution in [0, 0.1) is 0 Å². The zero-order valence-corrected chi connectivity index (χ0v) is 38.6. The molecule has 0 N–H and O–H groups in total. The molecule has 13 rings (SSSR count). The maximum absolute atomic E-state index is 5.65. The fraction of sp³-hybridized carbons (Fsp3) is 0.0597. The summed E-state index contributed by atoms with van der Waals surface area (Å²) >= 11 is 0. The quantitative estimate of drug-likeness (QED) is 0.151. The van der Waals surface area contributed by atoms with E-state index in [1.54, 1.807) is 0 Å². The summed E-state index contributed by atoms with van der Waals surface area (Å²) in [5.41, 5.74) is 22.6.